The minimum absolute atomic E-state index is 0.113. The molecule has 0 aliphatic carbocycles. The zero-order valence-corrected chi connectivity index (χ0v) is 10.8. The lowest BCUT2D eigenvalue weighted by Gasteiger charge is -2.07. The molecule has 1 aromatic carbocycles. The molecule has 0 aliphatic rings. The molecule has 0 aliphatic heterocycles. The first-order valence-electron chi connectivity index (χ1n) is 5.74. The lowest BCUT2D eigenvalue weighted by molar-refractivity contribution is 0.464. The molecule has 0 spiro atoms. The third-order valence-corrected chi connectivity index (χ3v) is 2.61. The molecule has 0 fully saturated rings. The van der Waals surface area contributed by atoms with E-state index in [0.717, 1.165) is 12.8 Å². The normalized spacial score (nSPS) is 10.3. The number of aryl methyl sites for hydroxylation is 1. The summed E-state index contributed by atoms with van der Waals surface area (Å²) in [4.78, 5) is 7.70. The monoisotopic (exact) mass is 263 g/mol. The average molecular weight is 264 g/mol. The Morgan fingerprint density at radius 3 is 2.67 bits per heavy atom. The van der Waals surface area contributed by atoms with Gasteiger partial charge in [0.15, 0.2) is 0 Å². The number of nitrogens with two attached hydrogens (primary N) is 1. The van der Waals surface area contributed by atoms with Crippen LogP contribution < -0.4 is 10.5 Å². The summed E-state index contributed by atoms with van der Waals surface area (Å²) in [7, 11) is 0. The van der Waals surface area contributed by atoms with Crippen LogP contribution >= 0.6 is 11.6 Å². The molecule has 0 saturated carbocycles. The summed E-state index contributed by atoms with van der Waals surface area (Å²) >= 11 is 5.69. The first kappa shape index (κ1) is 12.6. The number of hydrogen-bond donors (Lipinski definition) is 1. The van der Waals surface area contributed by atoms with Crippen LogP contribution in [0.4, 0.5) is 5.69 Å². The van der Waals surface area contributed by atoms with E-state index in [1.165, 1.54) is 11.8 Å². The van der Waals surface area contributed by atoms with Gasteiger partial charge in [-0.15, -0.1) is 0 Å². The fourth-order valence-corrected chi connectivity index (χ4v) is 1.69. The Labute approximate surface area is 111 Å². The zero-order valence-electron chi connectivity index (χ0n) is 10.1. The van der Waals surface area contributed by atoms with Gasteiger partial charge in [0.2, 0.25) is 11.2 Å². The summed E-state index contributed by atoms with van der Waals surface area (Å²) in [5.74, 6) is 0.953. The van der Waals surface area contributed by atoms with Crippen molar-refractivity contribution >= 4 is 17.3 Å². The number of rotatable bonds is 4. The van der Waals surface area contributed by atoms with Crippen LogP contribution in [0.1, 0.15) is 18.9 Å². The standard InChI is InChI=1S/C13H14ClN3O/c1-2-3-9-4-6-10(7-5-9)18-12-11(15)8-16-13(14)17-12/h4-8H,2-3,15H2,1H3. The van der Waals surface area contributed by atoms with Gasteiger partial charge in [-0.2, -0.15) is 4.98 Å². The minimum atomic E-state index is 0.113. The van der Waals surface area contributed by atoms with Crippen molar-refractivity contribution in [3.8, 4) is 11.6 Å². The highest BCUT2D eigenvalue weighted by molar-refractivity contribution is 6.28. The number of anilines is 1. The number of nitrogens with zero attached hydrogens (tertiary/aromatic N) is 2. The molecule has 0 radical (unpaired) electrons. The van der Waals surface area contributed by atoms with Gasteiger partial charge in [-0.1, -0.05) is 25.5 Å². The van der Waals surface area contributed by atoms with Crippen molar-refractivity contribution in [1.29, 1.82) is 0 Å². The maximum absolute atomic E-state index is 5.71. The summed E-state index contributed by atoms with van der Waals surface area (Å²) in [6, 6.07) is 7.83. The number of aromatic nitrogens is 2. The second-order valence-corrected chi connectivity index (χ2v) is 4.23. The number of nitrogen functional groups attached to an aromatic ring is 1. The zero-order chi connectivity index (χ0) is 13.0. The van der Waals surface area contributed by atoms with E-state index in [4.69, 9.17) is 22.1 Å². The Kier molecular flexibility index (Phi) is 3.99. The number of halogens is 1. The van der Waals surface area contributed by atoms with Crippen LogP contribution in [0.25, 0.3) is 0 Å². The van der Waals surface area contributed by atoms with Crippen LogP contribution in [0.15, 0.2) is 30.5 Å². The number of ether oxygens (including phenoxy) is 1. The Morgan fingerprint density at radius 1 is 1.28 bits per heavy atom. The summed E-state index contributed by atoms with van der Waals surface area (Å²) in [6.45, 7) is 2.15. The molecule has 0 saturated heterocycles. The van der Waals surface area contributed by atoms with Gasteiger partial charge in [0, 0.05) is 0 Å². The first-order valence-corrected chi connectivity index (χ1v) is 6.11. The minimum Gasteiger partial charge on any atom is -0.437 e. The van der Waals surface area contributed by atoms with E-state index < -0.39 is 0 Å². The molecule has 1 aromatic heterocycles. The summed E-state index contributed by atoms with van der Waals surface area (Å²) < 4.78 is 5.56. The fraction of sp³-hybridized carbons (Fsp3) is 0.231. The van der Waals surface area contributed by atoms with Crippen LogP contribution in [0.2, 0.25) is 5.28 Å². The van der Waals surface area contributed by atoms with Gasteiger partial charge in [-0.05, 0) is 35.7 Å². The van der Waals surface area contributed by atoms with E-state index in [2.05, 4.69) is 16.9 Å². The Bertz CT molecular complexity index is 528. The SMILES string of the molecule is CCCc1ccc(Oc2nc(Cl)ncc2N)cc1. The summed E-state index contributed by atoms with van der Waals surface area (Å²) in [5.41, 5.74) is 7.34. The van der Waals surface area contributed by atoms with Crippen molar-refractivity contribution < 1.29 is 4.74 Å². The first-order chi connectivity index (χ1) is 8.69. The highest BCUT2D eigenvalue weighted by Crippen LogP contribution is 2.25. The second-order valence-electron chi connectivity index (χ2n) is 3.90. The maximum atomic E-state index is 5.71. The van der Waals surface area contributed by atoms with E-state index >= 15 is 0 Å². The van der Waals surface area contributed by atoms with Crippen molar-refractivity contribution in [3.05, 3.63) is 41.3 Å². The van der Waals surface area contributed by atoms with Crippen molar-refractivity contribution in [2.75, 3.05) is 5.73 Å². The van der Waals surface area contributed by atoms with E-state index in [1.54, 1.807) is 0 Å². The molecule has 0 bridgehead atoms. The smallest absolute Gasteiger partial charge is 0.247 e. The third-order valence-electron chi connectivity index (χ3n) is 2.43. The van der Waals surface area contributed by atoms with Gasteiger partial charge in [0.1, 0.15) is 11.4 Å². The van der Waals surface area contributed by atoms with Crippen LogP contribution in [-0.2, 0) is 6.42 Å². The molecule has 2 rings (SSSR count). The predicted molar refractivity (Wildman–Crippen MR) is 72.0 cm³/mol. The Balaban J connectivity index is 2.15. The maximum Gasteiger partial charge on any atom is 0.247 e. The molecule has 4 nitrogen and oxygen atoms in total. The molecule has 18 heavy (non-hydrogen) atoms. The Morgan fingerprint density at radius 2 is 2.00 bits per heavy atom. The van der Waals surface area contributed by atoms with Crippen LogP contribution in [-0.4, -0.2) is 9.97 Å². The van der Waals surface area contributed by atoms with Gasteiger partial charge >= 0.3 is 0 Å². The van der Waals surface area contributed by atoms with Crippen LogP contribution in [0.5, 0.6) is 11.6 Å². The average Bonchev–Trinajstić information content (AvgIpc) is 2.37. The Hall–Kier alpha value is -1.81. The summed E-state index contributed by atoms with van der Waals surface area (Å²) in [6.07, 6.45) is 3.60. The van der Waals surface area contributed by atoms with Crippen LogP contribution in [0.3, 0.4) is 0 Å². The van der Waals surface area contributed by atoms with Gasteiger partial charge in [0.05, 0.1) is 6.20 Å². The second kappa shape index (κ2) is 5.69. The molecular formula is C13H14ClN3O. The van der Waals surface area contributed by atoms with Crippen molar-refractivity contribution in [1.82, 2.24) is 9.97 Å². The topological polar surface area (TPSA) is 61.0 Å². The molecule has 0 amide bonds. The molecule has 0 atom stereocenters. The van der Waals surface area contributed by atoms with Crippen molar-refractivity contribution in [3.63, 3.8) is 0 Å². The predicted octanol–water partition coefficient (Wildman–Crippen LogP) is 3.46. The third kappa shape index (κ3) is 3.11. The summed E-state index contributed by atoms with van der Waals surface area (Å²) in [5, 5.41) is 0.113. The molecule has 94 valence electrons. The van der Waals surface area contributed by atoms with Crippen molar-refractivity contribution in [2.24, 2.45) is 0 Å². The lowest BCUT2D eigenvalue weighted by atomic mass is 10.1. The quantitative estimate of drug-likeness (QED) is 0.858. The van der Waals surface area contributed by atoms with E-state index in [9.17, 15) is 0 Å². The molecular weight excluding hydrogens is 250 g/mol. The molecule has 2 aromatic rings. The van der Waals surface area contributed by atoms with Gasteiger partial charge in [-0.3, -0.25) is 0 Å². The van der Waals surface area contributed by atoms with E-state index in [1.807, 2.05) is 24.3 Å². The highest BCUT2D eigenvalue weighted by atomic mass is 35.5. The van der Waals surface area contributed by atoms with Crippen LogP contribution in [0, 0.1) is 0 Å². The molecule has 1 heterocycles. The van der Waals surface area contributed by atoms with Gasteiger partial charge in [0.25, 0.3) is 0 Å². The van der Waals surface area contributed by atoms with E-state index in [-0.39, 0.29) is 11.2 Å². The van der Waals surface area contributed by atoms with Crippen molar-refractivity contribution in [2.45, 2.75) is 19.8 Å². The molecule has 5 heteroatoms. The molecule has 2 N–H and O–H groups in total. The number of hydrogen-bond acceptors (Lipinski definition) is 4. The van der Waals surface area contributed by atoms with E-state index in [0.29, 0.717) is 11.4 Å². The number of benzene rings is 1. The molecule has 0 unspecified atom stereocenters. The fourth-order valence-electron chi connectivity index (χ4n) is 1.56. The highest BCUT2D eigenvalue weighted by Gasteiger charge is 2.06. The van der Waals surface area contributed by atoms with Gasteiger partial charge < -0.3 is 10.5 Å². The largest absolute Gasteiger partial charge is 0.437 e. The van der Waals surface area contributed by atoms with Gasteiger partial charge in [-0.25, -0.2) is 4.98 Å². The lowest BCUT2D eigenvalue weighted by Crippen LogP contribution is -1.97.